The zero-order valence-corrected chi connectivity index (χ0v) is 16.9. The minimum absolute atomic E-state index is 0.770. The first kappa shape index (κ1) is 15.7. The van der Waals surface area contributed by atoms with Crippen LogP contribution in [-0.2, 0) is 12.8 Å². The van der Waals surface area contributed by atoms with E-state index in [1.54, 1.807) is 21.7 Å². The maximum atomic E-state index is 3.63. The highest BCUT2D eigenvalue weighted by molar-refractivity contribution is 9.10. The maximum absolute atomic E-state index is 3.63. The summed E-state index contributed by atoms with van der Waals surface area (Å²) in [5.41, 5.74) is 6.03. The third-order valence-corrected chi connectivity index (χ3v) is 7.22. The normalized spacial score (nSPS) is 13.8. The highest BCUT2D eigenvalue weighted by Crippen LogP contribution is 2.49. The molecule has 0 saturated heterocycles. The van der Waals surface area contributed by atoms with Crippen LogP contribution in [0.5, 0.6) is 0 Å². The number of hydrogen-bond acceptors (Lipinski definition) is 0. The lowest BCUT2D eigenvalue weighted by Crippen LogP contribution is -2.01. The lowest BCUT2D eigenvalue weighted by molar-refractivity contribution is 0.692. The first-order chi connectivity index (χ1) is 11.2. The van der Waals surface area contributed by atoms with E-state index in [-0.39, 0.29) is 0 Å². The molecule has 0 saturated carbocycles. The monoisotopic (exact) mass is 446 g/mol. The molecule has 0 bridgehead atoms. The van der Waals surface area contributed by atoms with Gasteiger partial charge in [-0.05, 0) is 72.2 Å². The minimum atomic E-state index is 0.770. The molecule has 0 aliphatic heterocycles. The second-order valence-corrected chi connectivity index (χ2v) is 9.14. The van der Waals surface area contributed by atoms with Crippen molar-refractivity contribution in [1.29, 1.82) is 0 Å². The largest absolute Gasteiger partial charge is 0.123 e. The Bertz CT molecular complexity index is 794. The molecule has 1 aliphatic rings. The molecule has 0 atom stereocenters. The van der Waals surface area contributed by atoms with Crippen LogP contribution in [0.4, 0.5) is 0 Å². The molecule has 0 nitrogen and oxygen atoms in total. The van der Waals surface area contributed by atoms with Crippen LogP contribution in [0.25, 0.3) is 21.7 Å². The summed E-state index contributed by atoms with van der Waals surface area (Å²) in [6.45, 7) is 0. The van der Waals surface area contributed by atoms with E-state index in [0.29, 0.717) is 0 Å². The Morgan fingerprint density at radius 2 is 1.17 bits per heavy atom. The van der Waals surface area contributed by atoms with Gasteiger partial charge in [0, 0.05) is 19.5 Å². The van der Waals surface area contributed by atoms with Gasteiger partial charge in [-0.15, -0.1) is 8.19 Å². The summed E-state index contributed by atoms with van der Waals surface area (Å²) >= 11 is 7.26. The number of benzene rings is 2. The summed E-state index contributed by atoms with van der Waals surface area (Å²) in [6, 6.07) is 17.6. The first-order valence-electron chi connectivity index (χ1n) is 7.98. The number of hydrogen-bond donors (Lipinski definition) is 0. The second-order valence-electron chi connectivity index (χ2n) is 6.06. The van der Waals surface area contributed by atoms with Crippen LogP contribution in [0.1, 0.15) is 24.0 Å². The van der Waals surface area contributed by atoms with Crippen molar-refractivity contribution in [2.45, 2.75) is 25.7 Å². The van der Waals surface area contributed by atoms with Crippen molar-refractivity contribution in [2.75, 3.05) is 0 Å². The molecule has 0 radical (unpaired) electrons. The Kier molecular flexibility index (Phi) is 4.50. The van der Waals surface area contributed by atoms with E-state index in [4.69, 9.17) is 0 Å². The van der Waals surface area contributed by atoms with E-state index in [0.717, 1.165) is 8.19 Å². The summed E-state index contributed by atoms with van der Waals surface area (Å²) < 4.78 is 2.34. The summed E-state index contributed by atoms with van der Waals surface area (Å²) in [7, 11) is 0.770. The molecule has 4 rings (SSSR count). The Hall–Kier alpha value is -0.820. The van der Waals surface area contributed by atoms with Gasteiger partial charge >= 0.3 is 0 Å². The zero-order valence-electron chi connectivity index (χ0n) is 12.7. The van der Waals surface area contributed by atoms with Crippen molar-refractivity contribution in [1.82, 2.24) is 0 Å². The predicted octanol–water partition coefficient (Wildman–Crippen LogP) is 7.46. The predicted molar refractivity (Wildman–Crippen MR) is 109 cm³/mol. The van der Waals surface area contributed by atoms with E-state index >= 15 is 0 Å². The van der Waals surface area contributed by atoms with Crippen molar-refractivity contribution < 1.29 is 0 Å². The molecule has 1 heterocycles. The third kappa shape index (κ3) is 3.09. The van der Waals surface area contributed by atoms with Crippen LogP contribution in [0, 0.1) is 0 Å². The summed E-state index contributed by atoms with van der Waals surface area (Å²) in [6.07, 6.45) is 5.13. The van der Waals surface area contributed by atoms with Crippen LogP contribution in [0.2, 0.25) is 0 Å². The Labute approximate surface area is 155 Å². The molecule has 0 amide bonds. The molecule has 23 heavy (non-hydrogen) atoms. The number of rotatable bonds is 2. The van der Waals surface area contributed by atoms with E-state index in [1.165, 1.54) is 45.8 Å². The van der Waals surface area contributed by atoms with Gasteiger partial charge in [0.2, 0.25) is 0 Å². The van der Waals surface area contributed by atoms with Gasteiger partial charge in [-0.25, -0.2) is 0 Å². The van der Waals surface area contributed by atoms with Crippen LogP contribution in [0.15, 0.2) is 57.5 Å². The van der Waals surface area contributed by atoms with E-state index in [2.05, 4.69) is 80.4 Å². The molecular formula is C20H17Br2P. The Morgan fingerprint density at radius 1 is 0.696 bits per heavy atom. The van der Waals surface area contributed by atoms with Gasteiger partial charge in [0.1, 0.15) is 0 Å². The molecule has 3 heteroatoms. The van der Waals surface area contributed by atoms with Crippen molar-refractivity contribution >= 4 is 40.1 Å². The highest BCUT2D eigenvalue weighted by atomic mass is 79.9. The molecular weight excluding hydrogens is 431 g/mol. The standard InChI is InChI=1S/C20H17Br2P/c21-15-7-3-5-13(11-15)19-17-9-1-2-10-18(17)20(23-19)14-6-4-8-16(22)12-14/h3-8,11-12,23H,1-2,9-10H2. The average Bonchev–Trinajstić information content (AvgIpc) is 2.95. The Morgan fingerprint density at radius 3 is 1.61 bits per heavy atom. The topological polar surface area (TPSA) is 0 Å². The van der Waals surface area contributed by atoms with Crippen LogP contribution < -0.4 is 0 Å². The molecule has 0 N–H and O–H groups in total. The molecule has 0 unspecified atom stereocenters. The van der Waals surface area contributed by atoms with E-state index in [1.807, 2.05) is 0 Å². The quantitative estimate of drug-likeness (QED) is 0.382. The lowest BCUT2D eigenvalue weighted by Gasteiger charge is -2.15. The molecule has 0 fully saturated rings. The molecule has 3 aromatic rings. The fraction of sp³-hybridized carbons (Fsp3) is 0.200. The summed E-state index contributed by atoms with van der Waals surface area (Å²) in [4.78, 5) is 0. The van der Waals surface area contributed by atoms with Crippen molar-refractivity contribution in [3.05, 3.63) is 68.6 Å². The molecule has 0 spiro atoms. The van der Waals surface area contributed by atoms with Crippen molar-refractivity contribution in [3.63, 3.8) is 0 Å². The van der Waals surface area contributed by atoms with Gasteiger partial charge in [0.15, 0.2) is 0 Å². The van der Waals surface area contributed by atoms with Crippen LogP contribution in [0.3, 0.4) is 0 Å². The molecule has 1 aromatic heterocycles. The van der Waals surface area contributed by atoms with Gasteiger partial charge in [0.25, 0.3) is 0 Å². The maximum Gasteiger partial charge on any atom is 0.0181 e. The van der Waals surface area contributed by atoms with Crippen molar-refractivity contribution in [2.24, 2.45) is 0 Å². The Balaban J connectivity index is 1.91. The minimum Gasteiger partial charge on any atom is -0.123 e. The second kappa shape index (κ2) is 6.59. The first-order valence-corrected chi connectivity index (χ1v) is 10.6. The molecule has 2 aromatic carbocycles. The van der Waals surface area contributed by atoms with Gasteiger partial charge in [-0.2, -0.15) is 0 Å². The van der Waals surface area contributed by atoms with E-state index in [9.17, 15) is 0 Å². The summed E-state index contributed by atoms with van der Waals surface area (Å²) in [5.74, 6) is 0. The zero-order chi connectivity index (χ0) is 15.8. The summed E-state index contributed by atoms with van der Waals surface area (Å²) in [5, 5.41) is 3.13. The molecule has 116 valence electrons. The van der Waals surface area contributed by atoms with Gasteiger partial charge < -0.3 is 0 Å². The van der Waals surface area contributed by atoms with Crippen LogP contribution >= 0.6 is 40.1 Å². The smallest absolute Gasteiger partial charge is 0.0181 e. The van der Waals surface area contributed by atoms with Gasteiger partial charge in [0.05, 0.1) is 0 Å². The third-order valence-electron chi connectivity index (χ3n) is 4.55. The van der Waals surface area contributed by atoms with Crippen LogP contribution in [-0.4, -0.2) is 0 Å². The average molecular weight is 448 g/mol. The lowest BCUT2D eigenvalue weighted by atomic mass is 9.89. The van der Waals surface area contributed by atoms with E-state index < -0.39 is 0 Å². The number of fused-ring (bicyclic) bond motifs is 1. The highest BCUT2D eigenvalue weighted by Gasteiger charge is 2.21. The molecule has 1 aliphatic carbocycles. The fourth-order valence-corrected chi connectivity index (χ4v) is 6.02. The SMILES string of the molecule is Brc1cccc(-c2[pH]c(-c3cccc(Br)c3)c3c2CCCC3)c1. The fourth-order valence-electron chi connectivity index (χ4n) is 3.51. The number of halogens is 2. The van der Waals surface area contributed by atoms with Crippen molar-refractivity contribution in [3.8, 4) is 21.7 Å². The van der Waals surface area contributed by atoms with Gasteiger partial charge in [-0.3, -0.25) is 0 Å². The van der Waals surface area contributed by atoms with Gasteiger partial charge in [-0.1, -0.05) is 56.1 Å².